The van der Waals surface area contributed by atoms with E-state index in [0.29, 0.717) is 5.82 Å². The molecule has 0 bridgehead atoms. The van der Waals surface area contributed by atoms with Crippen molar-refractivity contribution in [2.45, 2.75) is 32.7 Å². The number of nitrogens with two attached hydrogens (primary N) is 1. The van der Waals surface area contributed by atoms with Crippen molar-refractivity contribution in [3.63, 3.8) is 0 Å². The molecule has 2 aromatic carbocycles. The molecule has 30 heavy (non-hydrogen) atoms. The topological polar surface area (TPSA) is 98.3 Å². The predicted octanol–water partition coefficient (Wildman–Crippen LogP) is 4.30. The minimum absolute atomic E-state index is 0.240. The van der Waals surface area contributed by atoms with Gasteiger partial charge in [-0.05, 0) is 38.5 Å². The summed E-state index contributed by atoms with van der Waals surface area (Å²) in [6.45, 7) is 6.27. The van der Waals surface area contributed by atoms with Crippen molar-refractivity contribution in [3.05, 3.63) is 66.2 Å². The Hall–Kier alpha value is -3.74. The molecule has 150 valence electrons. The van der Waals surface area contributed by atoms with Crippen LogP contribution in [-0.4, -0.2) is 29.7 Å². The van der Waals surface area contributed by atoms with Gasteiger partial charge in [-0.15, -0.1) is 0 Å². The number of imidazole rings is 1. The van der Waals surface area contributed by atoms with E-state index in [1.165, 1.54) is 11.9 Å². The molecule has 5 rings (SSSR count). The maximum Gasteiger partial charge on any atom is 0.164 e. The third kappa shape index (κ3) is 3.08. The lowest BCUT2D eigenvalue weighted by Crippen LogP contribution is -2.23. The largest absolute Gasteiger partial charge is 0.383 e. The number of nitrogens with zero attached hydrogens (tertiary/aromatic N) is 5. The lowest BCUT2D eigenvalue weighted by atomic mass is 10.1. The van der Waals surface area contributed by atoms with E-state index < -0.39 is 0 Å². The fourth-order valence-corrected chi connectivity index (χ4v) is 3.72. The SMILES string of the molecule is CC(C)(C)n1nc(-c2ccc3[nH]c(Cc4ccccc4)nc3c2)c2c(N)ncnc21. The molecule has 0 aliphatic rings. The van der Waals surface area contributed by atoms with Crippen LogP contribution in [0.4, 0.5) is 5.82 Å². The van der Waals surface area contributed by atoms with Gasteiger partial charge in [0.15, 0.2) is 5.65 Å². The van der Waals surface area contributed by atoms with Gasteiger partial charge in [0, 0.05) is 12.0 Å². The maximum atomic E-state index is 6.23. The molecule has 0 fully saturated rings. The minimum Gasteiger partial charge on any atom is -0.383 e. The third-order valence-corrected chi connectivity index (χ3v) is 5.15. The molecule has 3 N–H and O–H groups in total. The summed E-state index contributed by atoms with van der Waals surface area (Å²) in [5, 5.41) is 5.64. The fraction of sp³-hybridized carbons (Fsp3) is 0.217. The molecule has 0 saturated carbocycles. The zero-order valence-corrected chi connectivity index (χ0v) is 17.2. The second-order valence-electron chi connectivity index (χ2n) is 8.47. The first-order chi connectivity index (χ1) is 14.4. The summed E-state index contributed by atoms with van der Waals surface area (Å²) in [6.07, 6.45) is 2.24. The average molecular weight is 397 g/mol. The van der Waals surface area contributed by atoms with Crippen molar-refractivity contribution < 1.29 is 0 Å². The molecule has 7 nitrogen and oxygen atoms in total. The Morgan fingerprint density at radius 3 is 2.60 bits per heavy atom. The smallest absolute Gasteiger partial charge is 0.164 e. The molecule has 0 radical (unpaired) electrons. The first-order valence-electron chi connectivity index (χ1n) is 9.93. The van der Waals surface area contributed by atoms with Crippen LogP contribution in [0.1, 0.15) is 32.2 Å². The lowest BCUT2D eigenvalue weighted by Gasteiger charge is -2.19. The first-order valence-corrected chi connectivity index (χ1v) is 9.93. The Labute approximate surface area is 174 Å². The van der Waals surface area contributed by atoms with Gasteiger partial charge < -0.3 is 10.7 Å². The van der Waals surface area contributed by atoms with Crippen LogP contribution in [0.3, 0.4) is 0 Å². The number of aromatic nitrogens is 6. The van der Waals surface area contributed by atoms with E-state index in [4.69, 9.17) is 15.8 Å². The standard InChI is InChI=1S/C23H23N7/c1-23(2,3)30-22-19(21(24)25-13-26-22)20(29-30)15-9-10-16-17(12-15)28-18(27-16)11-14-7-5-4-6-8-14/h4-10,12-13H,11H2,1-3H3,(H,27,28)(H2,24,25,26). The zero-order valence-electron chi connectivity index (χ0n) is 17.2. The van der Waals surface area contributed by atoms with Crippen molar-refractivity contribution in [2.75, 3.05) is 5.73 Å². The zero-order chi connectivity index (χ0) is 20.9. The Bertz CT molecular complexity index is 1360. The van der Waals surface area contributed by atoms with E-state index in [-0.39, 0.29) is 5.54 Å². The van der Waals surface area contributed by atoms with Crippen molar-refractivity contribution in [1.82, 2.24) is 29.7 Å². The number of rotatable bonds is 3. The Morgan fingerprint density at radius 1 is 1.03 bits per heavy atom. The first kappa shape index (κ1) is 18.3. The summed E-state index contributed by atoms with van der Waals surface area (Å²) >= 11 is 0. The van der Waals surface area contributed by atoms with Gasteiger partial charge in [-0.1, -0.05) is 36.4 Å². The van der Waals surface area contributed by atoms with Crippen LogP contribution in [0.25, 0.3) is 33.3 Å². The molecule has 0 aliphatic carbocycles. The Morgan fingerprint density at radius 2 is 1.83 bits per heavy atom. The van der Waals surface area contributed by atoms with Crippen LogP contribution in [0.2, 0.25) is 0 Å². The van der Waals surface area contributed by atoms with Gasteiger partial charge in [0.25, 0.3) is 0 Å². The van der Waals surface area contributed by atoms with E-state index >= 15 is 0 Å². The van der Waals surface area contributed by atoms with Crippen molar-refractivity contribution >= 4 is 27.9 Å². The number of nitrogen functional groups attached to an aromatic ring is 1. The average Bonchev–Trinajstić information content (AvgIpc) is 3.29. The van der Waals surface area contributed by atoms with Gasteiger partial charge >= 0.3 is 0 Å². The molecule has 0 spiro atoms. The van der Waals surface area contributed by atoms with Gasteiger partial charge in [-0.2, -0.15) is 5.10 Å². The number of aromatic amines is 1. The molecular weight excluding hydrogens is 374 g/mol. The van der Waals surface area contributed by atoms with Gasteiger partial charge in [0.1, 0.15) is 23.7 Å². The molecule has 0 aliphatic heterocycles. The number of fused-ring (bicyclic) bond motifs is 2. The van der Waals surface area contributed by atoms with E-state index in [9.17, 15) is 0 Å². The van der Waals surface area contributed by atoms with Gasteiger partial charge in [0.05, 0.1) is 22.0 Å². The normalized spacial score (nSPS) is 12.1. The van der Waals surface area contributed by atoms with Crippen LogP contribution in [-0.2, 0) is 12.0 Å². The molecule has 7 heteroatoms. The molecule has 0 unspecified atom stereocenters. The highest BCUT2D eigenvalue weighted by Gasteiger charge is 2.24. The molecule has 0 amide bonds. The Balaban J connectivity index is 1.62. The monoisotopic (exact) mass is 397 g/mol. The molecule has 3 heterocycles. The van der Waals surface area contributed by atoms with Crippen molar-refractivity contribution in [3.8, 4) is 11.3 Å². The maximum absolute atomic E-state index is 6.23. The number of nitrogens with one attached hydrogen (secondary N) is 1. The summed E-state index contributed by atoms with van der Waals surface area (Å²) in [7, 11) is 0. The number of benzene rings is 2. The highest BCUT2D eigenvalue weighted by Crippen LogP contribution is 2.33. The van der Waals surface area contributed by atoms with Crippen LogP contribution in [0.15, 0.2) is 54.9 Å². The number of hydrogen-bond donors (Lipinski definition) is 2. The van der Waals surface area contributed by atoms with Crippen LogP contribution >= 0.6 is 0 Å². The predicted molar refractivity (Wildman–Crippen MR) is 119 cm³/mol. The Kier molecular flexibility index (Phi) is 4.06. The van der Waals surface area contributed by atoms with E-state index in [1.54, 1.807) is 0 Å². The number of hydrogen-bond acceptors (Lipinski definition) is 5. The van der Waals surface area contributed by atoms with E-state index in [1.807, 2.05) is 41.1 Å². The van der Waals surface area contributed by atoms with E-state index in [2.05, 4.69) is 47.9 Å². The lowest BCUT2D eigenvalue weighted by molar-refractivity contribution is 0.367. The second-order valence-corrected chi connectivity index (χ2v) is 8.47. The van der Waals surface area contributed by atoms with Crippen molar-refractivity contribution in [1.29, 1.82) is 0 Å². The van der Waals surface area contributed by atoms with Gasteiger partial charge in [-0.25, -0.2) is 19.6 Å². The number of anilines is 1. The van der Waals surface area contributed by atoms with Crippen LogP contribution in [0, 0.1) is 0 Å². The summed E-state index contributed by atoms with van der Waals surface area (Å²) < 4.78 is 1.91. The van der Waals surface area contributed by atoms with E-state index in [0.717, 1.165) is 45.6 Å². The third-order valence-electron chi connectivity index (χ3n) is 5.15. The molecule has 0 saturated heterocycles. The molecule has 3 aromatic heterocycles. The van der Waals surface area contributed by atoms with Crippen LogP contribution < -0.4 is 5.73 Å². The molecule has 0 atom stereocenters. The molecular formula is C23H23N7. The summed E-state index contributed by atoms with van der Waals surface area (Å²) in [4.78, 5) is 16.9. The second kappa shape index (κ2) is 6.66. The highest BCUT2D eigenvalue weighted by atomic mass is 15.3. The summed E-state index contributed by atoms with van der Waals surface area (Å²) in [5.41, 5.74) is 11.5. The quantitative estimate of drug-likeness (QED) is 0.473. The minimum atomic E-state index is -0.240. The number of H-pyrrole nitrogens is 1. The molecule has 5 aromatic rings. The highest BCUT2D eigenvalue weighted by molar-refractivity contribution is 5.99. The van der Waals surface area contributed by atoms with Crippen LogP contribution in [0.5, 0.6) is 0 Å². The van der Waals surface area contributed by atoms with Crippen molar-refractivity contribution in [2.24, 2.45) is 0 Å². The summed E-state index contributed by atoms with van der Waals surface area (Å²) in [6, 6.07) is 16.4. The summed E-state index contributed by atoms with van der Waals surface area (Å²) in [5.74, 6) is 1.36. The van der Waals surface area contributed by atoms with Gasteiger partial charge in [0.2, 0.25) is 0 Å². The fourth-order valence-electron chi connectivity index (χ4n) is 3.72. The van der Waals surface area contributed by atoms with Gasteiger partial charge in [-0.3, -0.25) is 0 Å².